The van der Waals surface area contributed by atoms with Crippen LogP contribution in [-0.2, 0) is 6.42 Å². The van der Waals surface area contributed by atoms with Gasteiger partial charge < -0.3 is 5.73 Å². The molecule has 0 atom stereocenters. The molecule has 4 N–H and O–H groups in total. The Kier molecular flexibility index (Phi) is 6.82. The summed E-state index contributed by atoms with van der Waals surface area (Å²) in [5, 5.41) is 7.11. The second-order valence-corrected chi connectivity index (χ2v) is 4.72. The van der Waals surface area contributed by atoms with Gasteiger partial charge in [0, 0.05) is 11.1 Å². The van der Waals surface area contributed by atoms with E-state index in [9.17, 15) is 0 Å². The van der Waals surface area contributed by atoms with Gasteiger partial charge in [-0.1, -0.05) is 62.4 Å². The molecule has 0 aliphatic heterocycles. The van der Waals surface area contributed by atoms with E-state index in [2.05, 4.69) is 31.2 Å². The SMILES string of the molecule is CCCCCCc1ccc(/C(N)=C/SN)cc1. The average molecular weight is 250 g/mol. The molecule has 2 nitrogen and oxygen atoms in total. The Balaban J connectivity index is 2.47. The summed E-state index contributed by atoms with van der Waals surface area (Å²) in [4.78, 5) is 0. The Morgan fingerprint density at radius 1 is 1.18 bits per heavy atom. The summed E-state index contributed by atoms with van der Waals surface area (Å²) in [6, 6.07) is 8.45. The molecule has 0 saturated carbocycles. The van der Waals surface area contributed by atoms with Crippen LogP contribution in [0.15, 0.2) is 29.7 Å². The highest BCUT2D eigenvalue weighted by molar-refractivity contribution is 8.00. The van der Waals surface area contributed by atoms with Crippen molar-refractivity contribution in [3.8, 4) is 0 Å². The van der Waals surface area contributed by atoms with Crippen LogP contribution >= 0.6 is 11.9 Å². The van der Waals surface area contributed by atoms with E-state index < -0.39 is 0 Å². The maximum Gasteiger partial charge on any atom is 0.0464 e. The minimum Gasteiger partial charge on any atom is -0.398 e. The van der Waals surface area contributed by atoms with Gasteiger partial charge in [-0.05, 0) is 24.0 Å². The van der Waals surface area contributed by atoms with Gasteiger partial charge in [0.2, 0.25) is 0 Å². The Morgan fingerprint density at radius 3 is 2.47 bits per heavy atom. The van der Waals surface area contributed by atoms with Crippen LogP contribution in [0.2, 0.25) is 0 Å². The first-order valence-electron chi connectivity index (χ1n) is 6.18. The monoisotopic (exact) mass is 250 g/mol. The van der Waals surface area contributed by atoms with Crippen LogP contribution < -0.4 is 10.9 Å². The maximum absolute atomic E-state index is 5.86. The first-order chi connectivity index (χ1) is 8.27. The highest BCUT2D eigenvalue weighted by Gasteiger charge is 1.97. The summed E-state index contributed by atoms with van der Waals surface area (Å²) in [6.07, 6.45) is 6.38. The second-order valence-electron chi connectivity index (χ2n) is 4.22. The summed E-state index contributed by atoms with van der Waals surface area (Å²) in [5.41, 5.74) is 9.02. The zero-order valence-electron chi connectivity index (χ0n) is 10.5. The molecule has 3 heteroatoms. The standard InChI is InChI=1S/C14H22N2S/c1-2-3-4-5-6-12-7-9-13(10-8-12)14(15)11-17-16/h7-11H,2-6,15-16H2,1H3/b14-11-. The highest BCUT2D eigenvalue weighted by atomic mass is 32.2. The van der Waals surface area contributed by atoms with Gasteiger partial charge in [-0.3, -0.25) is 5.14 Å². The van der Waals surface area contributed by atoms with Gasteiger partial charge in [0.1, 0.15) is 0 Å². The van der Waals surface area contributed by atoms with E-state index in [1.807, 2.05) is 0 Å². The fourth-order valence-electron chi connectivity index (χ4n) is 1.76. The first kappa shape index (κ1) is 14.1. The van der Waals surface area contributed by atoms with Crippen LogP contribution in [0.1, 0.15) is 43.7 Å². The van der Waals surface area contributed by atoms with Crippen molar-refractivity contribution < 1.29 is 0 Å². The Labute approximate surface area is 109 Å². The van der Waals surface area contributed by atoms with Crippen molar-refractivity contribution in [1.29, 1.82) is 0 Å². The van der Waals surface area contributed by atoms with E-state index in [1.165, 1.54) is 31.2 Å². The molecule has 0 unspecified atom stereocenters. The zero-order valence-corrected chi connectivity index (χ0v) is 11.3. The number of hydrogen-bond donors (Lipinski definition) is 2. The van der Waals surface area contributed by atoms with E-state index in [0.717, 1.165) is 29.6 Å². The van der Waals surface area contributed by atoms with Gasteiger partial charge >= 0.3 is 0 Å². The van der Waals surface area contributed by atoms with E-state index >= 15 is 0 Å². The van der Waals surface area contributed by atoms with Crippen molar-refractivity contribution in [2.45, 2.75) is 39.0 Å². The lowest BCUT2D eigenvalue weighted by Crippen LogP contribution is -1.96. The molecule has 0 saturated heterocycles. The predicted molar refractivity (Wildman–Crippen MR) is 78.2 cm³/mol. The van der Waals surface area contributed by atoms with Crippen LogP contribution in [0.25, 0.3) is 5.70 Å². The van der Waals surface area contributed by atoms with Gasteiger partial charge in [-0.15, -0.1) is 0 Å². The molecule has 0 aliphatic rings. The van der Waals surface area contributed by atoms with E-state index in [0.29, 0.717) is 0 Å². The predicted octanol–water partition coefficient (Wildman–Crippen LogP) is 3.67. The van der Waals surface area contributed by atoms with E-state index in [-0.39, 0.29) is 0 Å². The summed E-state index contributed by atoms with van der Waals surface area (Å²) in [6.45, 7) is 2.24. The van der Waals surface area contributed by atoms with Crippen LogP contribution in [0.5, 0.6) is 0 Å². The highest BCUT2D eigenvalue weighted by Crippen LogP contribution is 2.14. The molecule has 0 bridgehead atoms. The van der Waals surface area contributed by atoms with Gasteiger partial charge in [0.15, 0.2) is 0 Å². The lowest BCUT2D eigenvalue weighted by atomic mass is 10.0. The first-order valence-corrected chi connectivity index (χ1v) is 7.12. The smallest absolute Gasteiger partial charge is 0.0464 e. The number of hydrogen-bond acceptors (Lipinski definition) is 3. The third-order valence-corrected chi connectivity index (χ3v) is 3.19. The third-order valence-electron chi connectivity index (χ3n) is 2.80. The lowest BCUT2D eigenvalue weighted by molar-refractivity contribution is 0.667. The summed E-state index contributed by atoms with van der Waals surface area (Å²) < 4.78 is 0. The van der Waals surface area contributed by atoms with Crippen LogP contribution in [0.3, 0.4) is 0 Å². The van der Waals surface area contributed by atoms with Crippen molar-refractivity contribution in [3.05, 3.63) is 40.8 Å². The number of benzene rings is 1. The van der Waals surface area contributed by atoms with E-state index in [1.54, 1.807) is 5.41 Å². The molecule has 17 heavy (non-hydrogen) atoms. The van der Waals surface area contributed by atoms with Crippen molar-refractivity contribution in [2.75, 3.05) is 0 Å². The largest absolute Gasteiger partial charge is 0.398 e. The molecule has 0 spiro atoms. The van der Waals surface area contributed by atoms with Gasteiger partial charge in [0.25, 0.3) is 0 Å². The van der Waals surface area contributed by atoms with Gasteiger partial charge in [-0.25, -0.2) is 0 Å². The van der Waals surface area contributed by atoms with Crippen molar-refractivity contribution in [3.63, 3.8) is 0 Å². The number of nitrogens with two attached hydrogens (primary N) is 2. The number of unbranched alkanes of at least 4 members (excludes halogenated alkanes) is 3. The molecule has 0 aromatic heterocycles. The topological polar surface area (TPSA) is 52.0 Å². The summed E-state index contributed by atoms with van der Waals surface area (Å²) in [5.74, 6) is 0. The molecule has 0 aliphatic carbocycles. The summed E-state index contributed by atoms with van der Waals surface area (Å²) >= 11 is 1.14. The molecule has 0 fully saturated rings. The second kappa shape index (κ2) is 8.20. The summed E-state index contributed by atoms with van der Waals surface area (Å²) in [7, 11) is 0. The number of rotatable bonds is 7. The van der Waals surface area contributed by atoms with Gasteiger partial charge in [0.05, 0.1) is 0 Å². The Hall–Kier alpha value is -0.930. The molecular formula is C14H22N2S. The van der Waals surface area contributed by atoms with Gasteiger partial charge in [-0.2, -0.15) is 0 Å². The molecule has 1 aromatic rings. The van der Waals surface area contributed by atoms with Crippen LogP contribution in [0, 0.1) is 0 Å². The fourth-order valence-corrected chi connectivity index (χ4v) is 2.04. The molecule has 0 radical (unpaired) electrons. The minimum absolute atomic E-state index is 0.732. The quantitative estimate of drug-likeness (QED) is 0.573. The fraction of sp³-hybridized carbons (Fsp3) is 0.429. The molecule has 0 amide bonds. The lowest BCUT2D eigenvalue weighted by Gasteiger charge is -2.04. The molecule has 94 valence electrons. The zero-order chi connectivity index (χ0) is 12.5. The maximum atomic E-state index is 5.86. The minimum atomic E-state index is 0.732. The molecule has 1 rings (SSSR count). The average Bonchev–Trinajstić information content (AvgIpc) is 2.36. The van der Waals surface area contributed by atoms with Crippen LogP contribution in [0.4, 0.5) is 0 Å². The Bertz CT molecular complexity index is 344. The number of aryl methyl sites for hydroxylation is 1. The Morgan fingerprint density at radius 2 is 1.88 bits per heavy atom. The van der Waals surface area contributed by atoms with Crippen LogP contribution in [-0.4, -0.2) is 0 Å². The van der Waals surface area contributed by atoms with Crippen molar-refractivity contribution in [2.24, 2.45) is 10.9 Å². The van der Waals surface area contributed by atoms with Crippen molar-refractivity contribution >= 4 is 17.6 Å². The normalized spacial score (nSPS) is 11.8. The molecule has 1 aromatic carbocycles. The molecule has 0 heterocycles. The van der Waals surface area contributed by atoms with Crippen molar-refractivity contribution in [1.82, 2.24) is 0 Å². The van der Waals surface area contributed by atoms with E-state index in [4.69, 9.17) is 10.9 Å². The molecular weight excluding hydrogens is 228 g/mol. The third kappa shape index (κ3) is 5.29.